The minimum absolute atomic E-state index is 0.0426. The van der Waals surface area contributed by atoms with E-state index in [2.05, 4.69) is 15.4 Å². The maximum atomic E-state index is 13.9. The summed E-state index contributed by atoms with van der Waals surface area (Å²) in [5.41, 5.74) is 0.248. The summed E-state index contributed by atoms with van der Waals surface area (Å²) in [6.07, 6.45) is 5.70. The van der Waals surface area contributed by atoms with Crippen molar-refractivity contribution in [3.8, 4) is 5.69 Å². The number of amides is 2. The average molecular weight is 397 g/mol. The summed E-state index contributed by atoms with van der Waals surface area (Å²) in [6, 6.07) is 7.59. The number of nitrogens with one attached hydrogen (secondary N) is 1. The highest BCUT2D eigenvalue weighted by Gasteiger charge is 2.31. The van der Waals surface area contributed by atoms with E-state index < -0.39 is 23.6 Å². The van der Waals surface area contributed by atoms with Crippen LogP contribution in [0.3, 0.4) is 0 Å². The van der Waals surface area contributed by atoms with Crippen LogP contribution in [-0.4, -0.2) is 39.2 Å². The second kappa shape index (κ2) is 7.78. The molecule has 0 radical (unpaired) electrons. The first-order valence-electron chi connectivity index (χ1n) is 9.07. The van der Waals surface area contributed by atoms with Gasteiger partial charge in [-0.3, -0.25) is 14.6 Å². The highest BCUT2D eigenvalue weighted by Crippen LogP contribution is 2.21. The monoisotopic (exact) mass is 397 g/mol. The molecule has 1 fully saturated rings. The zero-order valence-electron chi connectivity index (χ0n) is 15.3. The highest BCUT2D eigenvalue weighted by molar-refractivity contribution is 6.02. The van der Waals surface area contributed by atoms with Crippen LogP contribution in [0.25, 0.3) is 5.69 Å². The Morgan fingerprint density at radius 2 is 1.93 bits per heavy atom. The largest absolute Gasteiger partial charge is 0.339 e. The van der Waals surface area contributed by atoms with Crippen molar-refractivity contribution in [1.82, 2.24) is 20.1 Å². The molecule has 4 rings (SSSR count). The predicted octanol–water partition coefficient (Wildman–Crippen LogP) is 2.47. The first-order chi connectivity index (χ1) is 14.0. The van der Waals surface area contributed by atoms with Crippen molar-refractivity contribution in [2.45, 2.75) is 18.9 Å². The molecule has 1 aliphatic heterocycles. The van der Waals surface area contributed by atoms with E-state index in [1.165, 1.54) is 18.3 Å². The van der Waals surface area contributed by atoms with Crippen LogP contribution in [-0.2, 0) is 4.79 Å². The van der Waals surface area contributed by atoms with Crippen LogP contribution in [0, 0.1) is 11.6 Å². The van der Waals surface area contributed by atoms with Gasteiger partial charge in [0.1, 0.15) is 11.7 Å². The zero-order valence-corrected chi connectivity index (χ0v) is 15.3. The van der Waals surface area contributed by atoms with Gasteiger partial charge in [-0.25, -0.2) is 13.5 Å². The molecule has 9 heteroatoms. The Hall–Kier alpha value is -3.62. The number of para-hydroxylation sites is 1. The van der Waals surface area contributed by atoms with E-state index in [9.17, 15) is 18.4 Å². The lowest BCUT2D eigenvalue weighted by Crippen LogP contribution is -2.52. The summed E-state index contributed by atoms with van der Waals surface area (Å²) in [7, 11) is 0. The number of benzene rings is 1. The second-order valence-electron chi connectivity index (χ2n) is 6.59. The molecule has 1 aliphatic rings. The van der Waals surface area contributed by atoms with Gasteiger partial charge < -0.3 is 10.2 Å². The fourth-order valence-corrected chi connectivity index (χ4v) is 3.29. The Bertz CT molecular complexity index is 1030. The van der Waals surface area contributed by atoms with Crippen LogP contribution >= 0.6 is 0 Å². The Labute approximate surface area is 165 Å². The van der Waals surface area contributed by atoms with Gasteiger partial charge in [0.2, 0.25) is 5.91 Å². The number of hydrogen-bond donors (Lipinski definition) is 1. The van der Waals surface area contributed by atoms with Crippen molar-refractivity contribution >= 4 is 17.5 Å². The van der Waals surface area contributed by atoms with Crippen molar-refractivity contribution in [3.63, 3.8) is 0 Å². The van der Waals surface area contributed by atoms with E-state index in [-0.39, 0.29) is 17.3 Å². The number of anilines is 1. The number of carbonyl (C=O) groups excluding carboxylic acids is 2. The maximum Gasteiger partial charge on any atom is 0.272 e. The van der Waals surface area contributed by atoms with Crippen molar-refractivity contribution < 1.29 is 18.4 Å². The quantitative estimate of drug-likeness (QED) is 0.734. The van der Waals surface area contributed by atoms with Crippen LogP contribution < -0.4 is 10.2 Å². The van der Waals surface area contributed by atoms with Gasteiger partial charge in [0.25, 0.3) is 5.91 Å². The molecular weight excluding hydrogens is 380 g/mol. The third-order valence-electron chi connectivity index (χ3n) is 4.69. The lowest BCUT2D eigenvalue weighted by atomic mass is 10.0. The van der Waals surface area contributed by atoms with Gasteiger partial charge in [0.15, 0.2) is 17.3 Å². The number of carbonyl (C=O) groups is 2. The van der Waals surface area contributed by atoms with E-state index in [4.69, 9.17) is 0 Å². The first-order valence-corrected chi connectivity index (χ1v) is 9.07. The van der Waals surface area contributed by atoms with Gasteiger partial charge in [0.05, 0.1) is 11.9 Å². The van der Waals surface area contributed by atoms with Crippen molar-refractivity contribution in [1.29, 1.82) is 0 Å². The Kier molecular flexibility index (Phi) is 5.03. The molecule has 0 aliphatic carbocycles. The molecule has 2 amide bonds. The van der Waals surface area contributed by atoms with E-state index >= 15 is 0 Å². The third kappa shape index (κ3) is 3.71. The number of aromatic nitrogens is 3. The molecule has 0 saturated carbocycles. The molecule has 7 nitrogen and oxygen atoms in total. The summed E-state index contributed by atoms with van der Waals surface area (Å²) in [4.78, 5) is 30.9. The zero-order chi connectivity index (χ0) is 20.4. The predicted molar refractivity (Wildman–Crippen MR) is 101 cm³/mol. The molecule has 0 spiro atoms. The van der Waals surface area contributed by atoms with E-state index in [1.807, 2.05) is 0 Å². The first kappa shape index (κ1) is 18.7. The van der Waals surface area contributed by atoms with Gasteiger partial charge >= 0.3 is 0 Å². The van der Waals surface area contributed by atoms with E-state index in [1.54, 1.807) is 29.4 Å². The summed E-state index contributed by atoms with van der Waals surface area (Å²) in [5.74, 6) is -2.42. The average Bonchev–Trinajstić information content (AvgIpc) is 3.20. The Morgan fingerprint density at radius 3 is 2.66 bits per heavy atom. The van der Waals surface area contributed by atoms with Gasteiger partial charge in [-0.05, 0) is 43.2 Å². The number of halogens is 2. The SMILES string of the molecule is O=C(NC1CCCN(c2cccnc2)C1=O)c1ccn(-c2c(F)cccc2F)n1. The Balaban J connectivity index is 1.50. The fourth-order valence-electron chi connectivity index (χ4n) is 3.29. The lowest BCUT2D eigenvalue weighted by molar-refractivity contribution is -0.121. The number of piperidine rings is 1. The van der Waals surface area contributed by atoms with Gasteiger partial charge in [0, 0.05) is 18.9 Å². The number of rotatable bonds is 4. The highest BCUT2D eigenvalue weighted by atomic mass is 19.1. The Morgan fingerprint density at radius 1 is 1.14 bits per heavy atom. The van der Waals surface area contributed by atoms with Gasteiger partial charge in [-0.1, -0.05) is 6.07 Å². The second-order valence-corrected chi connectivity index (χ2v) is 6.59. The molecule has 0 bridgehead atoms. The van der Waals surface area contributed by atoms with Crippen LogP contribution in [0.5, 0.6) is 0 Å². The number of hydrogen-bond acceptors (Lipinski definition) is 4. The van der Waals surface area contributed by atoms with Crippen molar-refractivity contribution in [3.05, 3.63) is 72.3 Å². The molecular formula is C20H17F2N5O2. The topological polar surface area (TPSA) is 80.1 Å². The van der Waals surface area contributed by atoms with Gasteiger partial charge in [-0.15, -0.1) is 0 Å². The minimum atomic E-state index is -0.797. The maximum absolute atomic E-state index is 13.9. The van der Waals surface area contributed by atoms with Gasteiger partial charge in [-0.2, -0.15) is 5.10 Å². The molecule has 29 heavy (non-hydrogen) atoms. The molecule has 1 atom stereocenters. The standard InChI is InChI=1S/C20H17F2N5O2/c21-14-5-1-6-15(22)18(14)27-11-8-16(25-27)19(28)24-17-7-3-10-26(20(17)29)13-4-2-9-23-12-13/h1-2,4-6,8-9,11-12,17H,3,7,10H2,(H,24,28). The molecule has 1 N–H and O–H groups in total. The molecule has 1 unspecified atom stereocenters. The van der Waals surface area contributed by atoms with Crippen molar-refractivity contribution in [2.24, 2.45) is 0 Å². The molecule has 2 aromatic heterocycles. The summed E-state index contributed by atoms with van der Waals surface area (Å²) < 4.78 is 28.8. The molecule has 148 valence electrons. The van der Waals surface area contributed by atoms with E-state index in [0.29, 0.717) is 25.1 Å². The molecule has 1 aromatic carbocycles. The van der Waals surface area contributed by atoms with Crippen LogP contribution in [0.4, 0.5) is 14.5 Å². The number of pyridine rings is 1. The van der Waals surface area contributed by atoms with Crippen LogP contribution in [0.1, 0.15) is 23.3 Å². The molecule has 3 heterocycles. The third-order valence-corrected chi connectivity index (χ3v) is 4.69. The number of nitrogens with zero attached hydrogens (tertiary/aromatic N) is 4. The summed E-state index contributed by atoms with van der Waals surface area (Å²) >= 11 is 0. The van der Waals surface area contributed by atoms with Crippen molar-refractivity contribution in [2.75, 3.05) is 11.4 Å². The normalized spacial score (nSPS) is 16.7. The van der Waals surface area contributed by atoms with Crippen LogP contribution in [0.15, 0.2) is 55.0 Å². The molecule has 1 saturated heterocycles. The molecule has 3 aromatic rings. The van der Waals surface area contributed by atoms with E-state index in [0.717, 1.165) is 16.8 Å². The fraction of sp³-hybridized carbons (Fsp3) is 0.200. The summed E-state index contributed by atoms with van der Waals surface area (Å²) in [5, 5.41) is 6.62. The minimum Gasteiger partial charge on any atom is -0.339 e. The summed E-state index contributed by atoms with van der Waals surface area (Å²) in [6.45, 7) is 0.540. The smallest absolute Gasteiger partial charge is 0.272 e. The lowest BCUT2D eigenvalue weighted by Gasteiger charge is -2.32. The van der Waals surface area contributed by atoms with Crippen LogP contribution in [0.2, 0.25) is 0 Å².